The first-order valence-electron chi connectivity index (χ1n) is 8.01. The Hall–Kier alpha value is -1.55. The molecule has 0 aliphatic carbocycles. The molecule has 0 radical (unpaired) electrons. The summed E-state index contributed by atoms with van der Waals surface area (Å²) < 4.78 is 5.18. The number of ether oxygens (including phenoxy) is 1. The molecule has 0 bridgehead atoms. The van der Waals surface area contributed by atoms with E-state index in [0.29, 0.717) is 25.3 Å². The van der Waals surface area contributed by atoms with E-state index in [1.165, 1.54) is 5.56 Å². The Morgan fingerprint density at radius 1 is 1.23 bits per heavy atom. The average molecular weight is 307 g/mol. The van der Waals surface area contributed by atoms with Gasteiger partial charge in [-0.05, 0) is 43.4 Å². The summed E-state index contributed by atoms with van der Waals surface area (Å²) in [5, 5.41) is 12.9. The second-order valence-corrected chi connectivity index (χ2v) is 6.02. The molecule has 0 saturated heterocycles. The molecule has 124 valence electrons. The number of hydrogen-bond acceptors (Lipinski definition) is 3. The third-order valence-corrected chi connectivity index (χ3v) is 4.96. The van der Waals surface area contributed by atoms with Gasteiger partial charge in [0.05, 0.1) is 12.5 Å². The minimum Gasteiger partial charge on any atom is -0.497 e. The first-order valence-corrected chi connectivity index (χ1v) is 8.01. The van der Waals surface area contributed by atoms with Gasteiger partial charge in [-0.2, -0.15) is 0 Å². The smallest absolute Gasteiger partial charge is 0.310 e. The van der Waals surface area contributed by atoms with Crippen LogP contribution in [0, 0.1) is 5.41 Å². The van der Waals surface area contributed by atoms with Gasteiger partial charge in [-0.25, -0.2) is 0 Å². The molecule has 2 N–H and O–H groups in total. The number of nitrogens with one attached hydrogen (secondary N) is 1. The number of hydrogen-bond donors (Lipinski definition) is 2. The number of carbonyl (C=O) groups is 1. The van der Waals surface area contributed by atoms with Crippen LogP contribution in [-0.2, 0) is 4.79 Å². The Balaban J connectivity index is 2.70. The molecule has 0 amide bonds. The number of carboxylic acids is 1. The molecule has 4 heteroatoms. The number of benzene rings is 1. The molecule has 1 aromatic rings. The van der Waals surface area contributed by atoms with Crippen molar-refractivity contribution in [3.63, 3.8) is 0 Å². The van der Waals surface area contributed by atoms with Crippen molar-refractivity contribution < 1.29 is 14.6 Å². The van der Waals surface area contributed by atoms with Crippen LogP contribution in [0.5, 0.6) is 5.75 Å². The summed E-state index contributed by atoms with van der Waals surface area (Å²) in [5.74, 6) is 0.429. The van der Waals surface area contributed by atoms with Crippen molar-refractivity contribution in [3.8, 4) is 5.75 Å². The minimum atomic E-state index is -0.714. The zero-order valence-corrected chi connectivity index (χ0v) is 14.3. The van der Waals surface area contributed by atoms with Crippen molar-refractivity contribution in [2.45, 2.75) is 52.5 Å². The van der Waals surface area contributed by atoms with E-state index < -0.39 is 11.4 Å². The molecule has 0 aliphatic heterocycles. The van der Waals surface area contributed by atoms with Crippen LogP contribution in [0.4, 0.5) is 0 Å². The Morgan fingerprint density at radius 2 is 1.77 bits per heavy atom. The molecular formula is C18H29NO3. The van der Waals surface area contributed by atoms with Gasteiger partial charge in [0.15, 0.2) is 0 Å². The Kier molecular flexibility index (Phi) is 6.88. The lowest BCUT2D eigenvalue weighted by molar-refractivity contribution is -0.149. The summed E-state index contributed by atoms with van der Waals surface area (Å²) in [6, 6.07) is 8.23. The van der Waals surface area contributed by atoms with Crippen LogP contribution in [0.3, 0.4) is 0 Å². The molecule has 1 aromatic carbocycles. The summed E-state index contributed by atoms with van der Waals surface area (Å²) in [6.45, 7) is 8.64. The van der Waals surface area contributed by atoms with E-state index in [4.69, 9.17) is 4.74 Å². The molecule has 1 rings (SSSR count). The zero-order chi connectivity index (χ0) is 16.8. The molecule has 0 spiro atoms. The maximum Gasteiger partial charge on any atom is 0.310 e. The molecule has 0 fully saturated rings. The van der Waals surface area contributed by atoms with Crippen LogP contribution in [0.1, 0.15) is 52.0 Å². The van der Waals surface area contributed by atoms with Crippen LogP contribution in [0.2, 0.25) is 0 Å². The van der Waals surface area contributed by atoms with Crippen LogP contribution >= 0.6 is 0 Å². The van der Waals surface area contributed by atoms with E-state index in [-0.39, 0.29) is 6.04 Å². The van der Waals surface area contributed by atoms with Gasteiger partial charge in [0.2, 0.25) is 0 Å². The lowest BCUT2D eigenvalue weighted by Gasteiger charge is -2.30. The number of methoxy groups -OCH3 is 1. The number of aliphatic carboxylic acids is 1. The van der Waals surface area contributed by atoms with Gasteiger partial charge in [-0.1, -0.05) is 32.9 Å². The summed E-state index contributed by atoms with van der Waals surface area (Å²) in [7, 11) is 1.66. The first kappa shape index (κ1) is 18.5. The highest BCUT2D eigenvalue weighted by atomic mass is 16.5. The molecule has 0 heterocycles. The van der Waals surface area contributed by atoms with Gasteiger partial charge in [0, 0.05) is 12.6 Å². The van der Waals surface area contributed by atoms with Gasteiger partial charge in [-0.15, -0.1) is 0 Å². The van der Waals surface area contributed by atoms with E-state index in [2.05, 4.69) is 31.3 Å². The molecule has 22 heavy (non-hydrogen) atoms. The lowest BCUT2D eigenvalue weighted by Crippen LogP contribution is -2.44. The van der Waals surface area contributed by atoms with Crippen LogP contribution in [0.15, 0.2) is 24.3 Å². The van der Waals surface area contributed by atoms with E-state index in [0.717, 1.165) is 5.75 Å². The van der Waals surface area contributed by atoms with E-state index in [9.17, 15) is 9.90 Å². The van der Waals surface area contributed by atoms with Crippen molar-refractivity contribution in [1.82, 2.24) is 5.32 Å². The minimum absolute atomic E-state index is 0.199. The molecule has 2 unspecified atom stereocenters. The highest BCUT2D eigenvalue weighted by molar-refractivity contribution is 5.74. The normalized spacial score (nSPS) is 14.4. The quantitative estimate of drug-likeness (QED) is 0.731. The largest absolute Gasteiger partial charge is 0.497 e. The van der Waals surface area contributed by atoms with Gasteiger partial charge < -0.3 is 15.2 Å². The van der Waals surface area contributed by atoms with E-state index in [1.54, 1.807) is 7.11 Å². The Morgan fingerprint density at radius 3 is 2.18 bits per heavy atom. The fourth-order valence-electron chi connectivity index (χ4n) is 2.61. The van der Waals surface area contributed by atoms with Crippen molar-refractivity contribution in [3.05, 3.63) is 29.8 Å². The van der Waals surface area contributed by atoms with Gasteiger partial charge in [0.1, 0.15) is 5.75 Å². The van der Waals surface area contributed by atoms with Gasteiger partial charge in [0.25, 0.3) is 0 Å². The molecular weight excluding hydrogens is 278 g/mol. The van der Waals surface area contributed by atoms with Crippen molar-refractivity contribution in [2.75, 3.05) is 13.7 Å². The summed E-state index contributed by atoms with van der Waals surface area (Å²) in [4.78, 5) is 11.6. The Bertz CT molecular complexity index is 466. The zero-order valence-electron chi connectivity index (χ0n) is 14.3. The van der Waals surface area contributed by atoms with Crippen LogP contribution < -0.4 is 10.1 Å². The van der Waals surface area contributed by atoms with Crippen LogP contribution in [0.25, 0.3) is 0 Å². The summed E-state index contributed by atoms with van der Waals surface area (Å²) in [6.07, 6.45) is 1.27. The second-order valence-electron chi connectivity index (χ2n) is 6.02. The highest BCUT2D eigenvalue weighted by Crippen LogP contribution is 2.27. The Labute approximate surface area is 133 Å². The summed E-state index contributed by atoms with van der Waals surface area (Å²) in [5.41, 5.74) is 0.545. The van der Waals surface area contributed by atoms with Gasteiger partial charge >= 0.3 is 5.97 Å². The topological polar surface area (TPSA) is 58.6 Å². The van der Waals surface area contributed by atoms with Crippen LogP contribution in [-0.4, -0.2) is 30.8 Å². The molecule has 0 aliphatic rings. The second kappa shape index (κ2) is 8.18. The monoisotopic (exact) mass is 307 g/mol. The molecule has 4 nitrogen and oxygen atoms in total. The van der Waals surface area contributed by atoms with Crippen molar-refractivity contribution in [1.29, 1.82) is 0 Å². The highest BCUT2D eigenvalue weighted by Gasteiger charge is 2.35. The predicted octanol–water partition coefficient (Wildman–Crippen LogP) is 3.67. The predicted molar refractivity (Wildman–Crippen MR) is 89.5 cm³/mol. The SMILES string of the molecule is CCC(CC)(CNC(C)C(C)c1ccc(OC)cc1)C(=O)O. The third kappa shape index (κ3) is 4.23. The fourth-order valence-corrected chi connectivity index (χ4v) is 2.61. The first-order chi connectivity index (χ1) is 10.4. The van der Waals surface area contributed by atoms with E-state index >= 15 is 0 Å². The number of rotatable bonds is 9. The van der Waals surface area contributed by atoms with E-state index in [1.807, 2.05) is 26.0 Å². The lowest BCUT2D eigenvalue weighted by atomic mass is 9.81. The molecule has 0 saturated carbocycles. The fraction of sp³-hybridized carbons (Fsp3) is 0.611. The number of carboxylic acid groups (broad SMARTS) is 1. The van der Waals surface area contributed by atoms with Crippen molar-refractivity contribution in [2.24, 2.45) is 5.41 Å². The maximum absolute atomic E-state index is 11.6. The van der Waals surface area contributed by atoms with Crippen molar-refractivity contribution >= 4 is 5.97 Å². The van der Waals surface area contributed by atoms with Gasteiger partial charge in [-0.3, -0.25) is 4.79 Å². The summed E-state index contributed by atoms with van der Waals surface area (Å²) >= 11 is 0. The maximum atomic E-state index is 11.6. The molecule has 0 aromatic heterocycles. The molecule has 2 atom stereocenters. The average Bonchev–Trinajstić information content (AvgIpc) is 2.55. The standard InChI is InChI=1S/C18H29NO3/c1-6-18(7-2,17(20)21)12-19-14(4)13(3)15-8-10-16(22-5)11-9-15/h8-11,13-14,19H,6-7,12H2,1-5H3,(H,20,21). The third-order valence-electron chi connectivity index (χ3n) is 4.96.